The molecule has 3 rings (SSSR count). The lowest BCUT2D eigenvalue weighted by atomic mass is 9.97. The van der Waals surface area contributed by atoms with E-state index < -0.39 is 0 Å². The maximum Gasteiger partial charge on any atom is 0.241 e. The fourth-order valence-electron chi connectivity index (χ4n) is 3.05. The molecule has 0 radical (unpaired) electrons. The largest absolute Gasteiger partial charge is 0.338 e. The molecule has 5 nitrogen and oxygen atoms in total. The highest BCUT2D eigenvalue weighted by molar-refractivity contribution is 9.10. The predicted molar refractivity (Wildman–Crippen MR) is 89.1 cm³/mol. The molecule has 1 aromatic heterocycles. The van der Waals surface area contributed by atoms with Gasteiger partial charge in [-0.1, -0.05) is 39.6 Å². The average Bonchev–Trinajstić information content (AvgIpc) is 2.96. The van der Waals surface area contributed by atoms with E-state index >= 15 is 0 Å². The molecule has 1 fully saturated rings. The Balaban J connectivity index is 1.73. The molecule has 1 saturated heterocycles. The molecule has 1 aliphatic heterocycles. The Labute approximate surface area is 139 Å². The lowest BCUT2D eigenvalue weighted by Gasteiger charge is -2.37. The fraction of sp³-hybridized carbons (Fsp3) is 0.500. The van der Waals surface area contributed by atoms with Crippen LogP contribution in [0.3, 0.4) is 0 Å². The zero-order valence-electron chi connectivity index (χ0n) is 12.7. The molecule has 1 aromatic carbocycles. The van der Waals surface area contributed by atoms with Crippen molar-refractivity contribution >= 4 is 15.9 Å². The third kappa shape index (κ3) is 3.56. The van der Waals surface area contributed by atoms with Crippen LogP contribution in [-0.2, 0) is 6.54 Å². The van der Waals surface area contributed by atoms with Crippen molar-refractivity contribution < 1.29 is 4.52 Å². The number of hydrogen-bond acceptors (Lipinski definition) is 5. The quantitative estimate of drug-likeness (QED) is 0.901. The van der Waals surface area contributed by atoms with Crippen molar-refractivity contribution in [3.05, 3.63) is 34.6 Å². The number of nitrogens with zero attached hydrogens (tertiary/aromatic N) is 3. The molecule has 1 aliphatic rings. The van der Waals surface area contributed by atoms with Gasteiger partial charge in [-0.15, -0.1) is 0 Å². The van der Waals surface area contributed by atoms with Gasteiger partial charge < -0.3 is 10.3 Å². The number of piperidine rings is 1. The highest BCUT2D eigenvalue weighted by Crippen LogP contribution is 2.23. The summed E-state index contributed by atoms with van der Waals surface area (Å²) in [7, 11) is 0. The maximum absolute atomic E-state index is 6.11. The summed E-state index contributed by atoms with van der Waals surface area (Å²) < 4.78 is 6.43. The highest BCUT2D eigenvalue weighted by atomic mass is 79.9. The molecule has 0 spiro atoms. The van der Waals surface area contributed by atoms with Crippen molar-refractivity contribution in [2.75, 3.05) is 6.54 Å². The van der Waals surface area contributed by atoms with Crippen LogP contribution in [0, 0.1) is 0 Å². The molecule has 2 atom stereocenters. The van der Waals surface area contributed by atoms with Crippen LogP contribution in [0.15, 0.2) is 33.3 Å². The van der Waals surface area contributed by atoms with Crippen LogP contribution >= 0.6 is 15.9 Å². The molecule has 6 heteroatoms. The Kier molecular flexibility index (Phi) is 4.90. The SMILES string of the molecule is CC(N)C1CCCCN1Cc1nc(-c2cccc(Br)c2)no1. The zero-order chi connectivity index (χ0) is 15.5. The van der Waals surface area contributed by atoms with Gasteiger partial charge in [-0.25, -0.2) is 0 Å². The topological polar surface area (TPSA) is 68.2 Å². The molecule has 0 saturated carbocycles. The number of hydrogen-bond donors (Lipinski definition) is 1. The summed E-state index contributed by atoms with van der Waals surface area (Å²) in [6, 6.07) is 8.46. The highest BCUT2D eigenvalue weighted by Gasteiger charge is 2.26. The molecule has 0 aliphatic carbocycles. The number of rotatable bonds is 4. The third-order valence-electron chi connectivity index (χ3n) is 4.16. The standard InChI is InChI=1S/C16H21BrN4O/c1-11(18)14-7-2-3-8-21(14)10-15-19-16(20-22-15)12-5-4-6-13(17)9-12/h4-6,9,11,14H,2-3,7-8,10,18H2,1H3. The summed E-state index contributed by atoms with van der Waals surface area (Å²) in [5.74, 6) is 1.29. The Hall–Kier alpha value is -1.24. The molecule has 2 unspecified atom stereocenters. The van der Waals surface area contributed by atoms with E-state index in [1.165, 1.54) is 12.8 Å². The van der Waals surface area contributed by atoms with Crippen LogP contribution in [0.4, 0.5) is 0 Å². The first-order chi connectivity index (χ1) is 10.6. The Morgan fingerprint density at radius 3 is 3.09 bits per heavy atom. The first kappa shape index (κ1) is 15.6. The number of benzene rings is 1. The number of halogens is 1. The Morgan fingerprint density at radius 2 is 2.32 bits per heavy atom. The van der Waals surface area contributed by atoms with Gasteiger partial charge in [0, 0.05) is 22.1 Å². The summed E-state index contributed by atoms with van der Waals surface area (Å²) in [6.45, 7) is 3.79. The van der Waals surface area contributed by atoms with Crippen LogP contribution < -0.4 is 5.73 Å². The molecule has 2 heterocycles. The second-order valence-electron chi connectivity index (χ2n) is 5.91. The van der Waals surface area contributed by atoms with Crippen molar-refractivity contribution in [3.63, 3.8) is 0 Å². The smallest absolute Gasteiger partial charge is 0.241 e. The van der Waals surface area contributed by atoms with E-state index in [1.807, 2.05) is 24.3 Å². The van der Waals surface area contributed by atoms with Crippen molar-refractivity contribution in [2.45, 2.75) is 44.8 Å². The van der Waals surface area contributed by atoms with Gasteiger partial charge in [-0.05, 0) is 38.4 Å². The van der Waals surface area contributed by atoms with Crippen molar-refractivity contribution in [1.29, 1.82) is 0 Å². The second kappa shape index (κ2) is 6.89. The van der Waals surface area contributed by atoms with Crippen LogP contribution in [0.5, 0.6) is 0 Å². The van der Waals surface area contributed by atoms with Gasteiger partial charge in [0.2, 0.25) is 11.7 Å². The second-order valence-corrected chi connectivity index (χ2v) is 6.83. The van der Waals surface area contributed by atoms with Crippen LogP contribution in [-0.4, -0.2) is 33.7 Å². The summed E-state index contributed by atoms with van der Waals surface area (Å²) in [6.07, 6.45) is 3.59. The summed E-state index contributed by atoms with van der Waals surface area (Å²) in [4.78, 5) is 6.90. The molecule has 2 N–H and O–H groups in total. The summed E-state index contributed by atoms with van der Waals surface area (Å²) in [5, 5.41) is 4.10. The van der Waals surface area contributed by atoms with E-state index in [-0.39, 0.29) is 6.04 Å². The molecule has 118 valence electrons. The van der Waals surface area contributed by atoms with Crippen LogP contribution in [0.1, 0.15) is 32.1 Å². The van der Waals surface area contributed by atoms with Gasteiger partial charge in [0.05, 0.1) is 6.54 Å². The summed E-state index contributed by atoms with van der Waals surface area (Å²) >= 11 is 3.46. The minimum absolute atomic E-state index is 0.160. The maximum atomic E-state index is 6.11. The Bertz CT molecular complexity index is 628. The van der Waals surface area contributed by atoms with E-state index in [0.717, 1.165) is 23.0 Å². The van der Waals surface area contributed by atoms with Gasteiger partial charge in [0.15, 0.2) is 0 Å². The van der Waals surface area contributed by atoms with Crippen LogP contribution in [0.25, 0.3) is 11.4 Å². The van der Waals surface area contributed by atoms with E-state index in [2.05, 4.69) is 37.9 Å². The van der Waals surface area contributed by atoms with Crippen molar-refractivity contribution in [1.82, 2.24) is 15.0 Å². The molecule has 22 heavy (non-hydrogen) atoms. The van der Waals surface area contributed by atoms with E-state index in [0.29, 0.717) is 24.3 Å². The number of nitrogens with two attached hydrogens (primary N) is 1. The zero-order valence-corrected chi connectivity index (χ0v) is 14.3. The third-order valence-corrected chi connectivity index (χ3v) is 4.65. The fourth-order valence-corrected chi connectivity index (χ4v) is 3.45. The lowest BCUT2D eigenvalue weighted by Crippen LogP contribution is -2.48. The molecule has 0 amide bonds. The van der Waals surface area contributed by atoms with E-state index in [1.54, 1.807) is 0 Å². The summed E-state index contributed by atoms with van der Waals surface area (Å²) in [5.41, 5.74) is 7.06. The number of likely N-dealkylation sites (tertiary alicyclic amines) is 1. The molecule has 2 aromatic rings. The first-order valence-corrected chi connectivity index (χ1v) is 8.51. The first-order valence-electron chi connectivity index (χ1n) is 7.71. The predicted octanol–water partition coefficient (Wildman–Crippen LogP) is 3.20. The van der Waals surface area contributed by atoms with E-state index in [9.17, 15) is 0 Å². The van der Waals surface area contributed by atoms with Crippen molar-refractivity contribution in [3.8, 4) is 11.4 Å². The number of aromatic nitrogens is 2. The minimum atomic E-state index is 0.160. The van der Waals surface area contributed by atoms with Gasteiger partial charge in [-0.2, -0.15) is 4.98 Å². The Morgan fingerprint density at radius 1 is 1.45 bits per heavy atom. The lowest BCUT2D eigenvalue weighted by molar-refractivity contribution is 0.109. The van der Waals surface area contributed by atoms with Gasteiger partial charge in [0.1, 0.15) is 0 Å². The van der Waals surface area contributed by atoms with Gasteiger partial charge in [-0.3, -0.25) is 4.90 Å². The molecular weight excluding hydrogens is 344 g/mol. The molecule has 0 bridgehead atoms. The van der Waals surface area contributed by atoms with Gasteiger partial charge in [0.25, 0.3) is 0 Å². The molecular formula is C16H21BrN4O. The normalized spacial score (nSPS) is 21.0. The minimum Gasteiger partial charge on any atom is -0.338 e. The van der Waals surface area contributed by atoms with Gasteiger partial charge >= 0.3 is 0 Å². The van der Waals surface area contributed by atoms with Crippen molar-refractivity contribution in [2.24, 2.45) is 5.73 Å². The van der Waals surface area contributed by atoms with E-state index in [4.69, 9.17) is 10.3 Å². The van der Waals surface area contributed by atoms with Crippen LogP contribution in [0.2, 0.25) is 0 Å². The average molecular weight is 365 g/mol. The monoisotopic (exact) mass is 364 g/mol.